The molecule has 18 heavy (non-hydrogen) atoms. The molecule has 0 heterocycles. The molecular formula is C8H14BCl2NaO6. The summed E-state index contributed by atoms with van der Waals surface area (Å²) in [6.45, 7) is 3.35. The first-order valence-corrected chi connectivity index (χ1v) is 5.69. The van der Waals surface area contributed by atoms with Gasteiger partial charge in [-0.3, -0.25) is 14.4 Å². The van der Waals surface area contributed by atoms with Crippen molar-refractivity contribution in [2.75, 3.05) is 11.8 Å². The van der Waals surface area contributed by atoms with E-state index >= 15 is 0 Å². The van der Waals surface area contributed by atoms with Crippen molar-refractivity contribution in [1.82, 2.24) is 0 Å². The molecule has 0 rings (SSSR count). The molecule has 0 aliphatic heterocycles. The van der Waals surface area contributed by atoms with Crippen LogP contribution in [0, 0.1) is 0 Å². The van der Waals surface area contributed by atoms with Gasteiger partial charge in [0.2, 0.25) is 0 Å². The number of hydrogen-bond acceptors (Lipinski definition) is 6. The maximum absolute atomic E-state index is 10.4. The molecule has 0 aromatic rings. The fraction of sp³-hybridized carbons (Fsp3) is 0.625. The molecule has 0 spiro atoms. The number of alkyl halides is 2. The predicted molar refractivity (Wildman–Crippen MR) is 63.9 cm³/mol. The van der Waals surface area contributed by atoms with E-state index in [1.165, 1.54) is 0 Å². The summed E-state index contributed by atoms with van der Waals surface area (Å²) in [5.74, 6) is -0.921. The summed E-state index contributed by atoms with van der Waals surface area (Å²) >= 11 is 10.1. The van der Waals surface area contributed by atoms with Gasteiger partial charge in [-0.25, -0.2) is 0 Å². The van der Waals surface area contributed by atoms with E-state index in [0.717, 1.165) is 20.8 Å². The quantitative estimate of drug-likeness (QED) is 0.436. The van der Waals surface area contributed by atoms with E-state index in [1.807, 2.05) is 0 Å². The van der Waals surface area contributed by atoms with Crippen molar-refractivity contribution in [3.8, 4) is 0 Å². The van der Waals surface area contributed by atoms with Gasteiger partial charge in [0.1, 0.15) is 0 Å². The van der Waals surface area contributed by atoms with Gasteiger partial charge in [0.25, 0.3) is 17.9 Å². The third kappa shape index (κ3) is 21.4. The first-order valence-electron chi connectivity index (χ1n) is 4.63. The second-order valence-corrected chi connectivity index (χ2v) is 3.40. The maximum Gasteiger partial charge on any atom is 1.00 e. The molecule has 10 heteroatoms. The maximum atomic E-state index is 10.4. The van der Waals surface area contributed by atoms with Crippen molar-refractivity contribution in [3.63, 3.8) is 0 Å². The molecule has 0 saturated heterocycles. The summed E-state index contributed by atoms with van der Waals surface area (Å²) in [7, 11) is -2.41. The van der Waals surface area contributed by atoms with Gasteiger partial charge >= 0.3 is 36.9 Å². The minimum Gasteiger partial charge on any atom is -0.625 e. The average Bonchev–Trinajstić information content (AvgIpc) is 2.14. The number of halogens is 2. The fourth-order valence-corrected chi connectivity index (χ4v) is 0.586. The van der Waals surface area contributed by atoms with E-state index in [9.17, 15) is 14.4 Å². The van der Waals surface area contributed by atoms with Gasteiger partial charge < -0.3 is 14.0 Å². The van der Waals surface area contributed by atoms with Gasteiger partial charge in [-0.1, -0.05) is 0 Å². The summed E-state index contributed by atoms with van der Waals surface area (Å²) < 4.78 is 13.3. The van der Waals surface area contributed by atoms with Gasteiger partial charge in [0, 0.05) is 32.5 Å². The SMILES string of the molecule is CC(=O)O[BH-](OC(C)=O)OC(C)=O.ClCCCl.[Na+]. The molecule has 0 aromatic heterocycles. The summed E-state index contributed by atoms with van der Waals surface area (Å²) in [6, 6.07) is 0. The Kier molecular flexibility index (Phi) is 19.5. The van der Waals surface area contributed by atoms with Crippen LogP contribution in [0.3, 0.4) is 0 Å². The normalized spacial score (nSPS) is 8.33. The zero-order valence-electron chi connectivity index (χ0n) is 10.8. The van der Waals surface area contributed by atoms with Crippen LogP contribution in [0.2, 0.25) is 0 Å². The topological polar surface area (TPSA) is 78.9 Å². The van der Waals surface area contributed by atoms with Gasteiger partial charge in [0.15, 0.2) is 0 Å². The second-order valence-electron chi connectivity index (χ2n) is 2.64. The average molecular weight is 311 g/mol. The molecule has 100 valence electrons. The fourth-order valence-electron chi connectivity index (χ4n) is 0.586. The van der Waals surface area contributed by atoms with Gasteiger partial charge in [0.05, 0.1) is 0 Å². The van der Waals surface area contributed by atoms with E-state index in [0.29, 0.717) is 11.8 Å². The molecule has 6 nitrogen and oxygen atoms in total. The number of hydrogen-bond donors (Lipinski definition) is 0. The van der Waals surface area contributed by atoms with Crippen LogP contribution in [0.15, 0.2) is 0 Å². The minimum absolute atomic E-state index is 0. The molecular weight excluding hydrogens is 297 g/mol. The molecule has 0 saturated carbocycles. The largest absolute Gasteiger partial charge is 1.00 e. The molecule has 0 N–H and O–H groups in total. The monoisotopic (exact) mass is 310 g/mol. The molecule has 0 aliphatic rings. The Bertz CT molecular complexity index is 226. The van der Waals surface area contributed by atoms with Crippen molar-refractivity contribution < 1.29 is 57.9 Å². The van der Waals surface area contributed by atoms with Crippen molar-refractivity contribution in [2.24, 2.45) is 0 Å². The van der Waals surface area contributed by atoms with E-state index in [4.69, 9.17) is 23.2 Å². The first kappa shape index (κ1) is 23.2. The van der Waals surface area contributed by atoms with E-state index in [2.05, 4.69) is 14.0 Å². The van der Waals surface area contributed by atoms with E-state index < -0.39 is 25.2 Å². The Balaban J connectivity index is -0.000000392. The van der Waals surface area contributed by atoms with E-state index in [-0.39, 0.29) is 29.6 Å². The van der Waals surface area contributed by atoms with Gasteiger partial charge in [-0.2, -0.15) is 0 Å². The Labute approximate surface area is 138 Å². The molecule has 0 bridgehead atoms. The summed E-state index contributed by atoms with van der Waals surface area (Å²) in [5.41, 5.74) is 0. The van der Waals surface area contributed by atoms with Crippen LogP contribution in [-0.4, -0.2) is 37.0 Å². The number of rotatable bonds is 4. The number of carbonyl (C=O) groups excluding carboxylic acids is 3. The van der Waals surface area contributed by atoms with Gasteiger partial charge in [-0.15, -0.1) is 23.2 Å². The Morgan fingerprint density at radius 3 is 1.17 bits per heavy atom. The molecule has 0 fully saturated rings. The molecule has 0 atom stereocenters. The third-order valence-corrected chi connectivity index (χ3v) is 1.61. The van der Waals surface area contributed by atoms with E-state index in [1.54, 1.807) is 0 Å². The summed E-state index contributed by atoms with van der Waals surface area (Å²) in [4.78, 5) is 31.3. The zero-order chi connectivity index (χ0) is 13.8. The van der Waals surface area contributed by atoms with Crippen LogP contribution < -0.4 is 29.6 Å². The third-order valence-electron chi connectivity index (χ3n) is 1.03. The van der Waals surface area contributed by atoms with Crippen molar-refractivity contribution in [2.45, 2.75) is 20.8 Å². The van der Waals surface area contributed by atoms with Crippen LogP contribution in [0.25, 0.3) is 0 Å². The first-order chi connectivity index (χ1) is 7.83. The minimum atomic E-state index is -2.41. The van der Waals surface area contributed by atoms with Crippen LogP contribution in [0.1, 0.15) is 20.8 Å². The smallest absolute Gasteiger partial charge is 0.625 e. The Morgan fingerprint density at radius 2 is 1.06 bits per heavy atom. The van der Waals surface area contributed by atoms with Gasteiger partial charge in [-0.05, 0) is 0 Å². The molecule has 0 amide bonds. The summed E-state index contributed by atoms with van der Waals surface area (Å²) in [5, 5.41) is 0. The second kappa shape index (κ2) is 15.1. The van der Waals surface area contributed by atoms with Crippen LogP contribution >= 0.6 is 23.2 Å². The van der Waals surface area contributed by atoms with Crippen LogP contribution in [0.4, 0.5) is 0 Å². The van der Waals surface area contributed by atoms with Crippen LogP contribution in [0.5, 0.6) is 0 Å². The molecule has 0 radical (unpaired) electrons. The zero-order valence-corrected chi connectivity index (χ0v) is 14.3. The van der Waals surface area contributed by atoms with Crippen LogP contribution in [-0.2, 0) is 28.3 Å². The van der Waals surface area contributed by atoms with Crippen molar-refractivity contribution in [1.29, 1.82) is 0 Å². The molecule has 0 unspecified atom stereocenters. The summed E-state index contributed by atoms with van der Waals surface area (Å²) in [6.07, 6.45) is 0. The Morgan fingerprint density at radius 1 is 0.833 bits per heavy atom. The number of carbonyl (C=O) groups is 3. The standard InChI is InChI=1S/C6H10BO6.C2H4Cl2.Na/c1-4(8)11-7(12-5(2)9)13-6(3)10;3-1-2-4;/h7H,1-3H3;1-2H2;/q-1;;+1. The Hall–Kier alpha value is 0.0549. The molecule has 0 aromatic carbocycles. The van der Waals surface area contributed by atoms with Crippen molar-refractivity contribution in [3.05, 3.63) is 0 Å². The molecule has 0 aliphatic carbocycles. The predicted octanol–water partition coefficient (Wildman–Crippen LogP) is -2.14. The van der Waals surface area contributed by atoms with Crippen molar-refractivity contribution >= 4 is 48.4 Å².